The van der Waals surface area contributed by atoms with Crippen LogP contribution >= 0.6 is 11.3 Å². The molecule has 3 rings (SSSR count). The molecule has 0 atom stereocenters. The fourth-order valence-corrected chi connectivity index (χ4v) is 3.64. The van der Waals surface area contributed by atoms with Gasteiger partial charge in [0.2, 0.25) is 0 Å². The van der Waals surface area contributed by atoms with Crippen LogP contribution in [0.5, 0.6) is 11.5 Å². The summed E-state index contributed by atoms with van der Waals surface area (Å²) in [6.07, 6.45) is 2.78. The van der Waals surface area contributed by atoms with Crippen molar-refractivity contribution >= 4 is 39.2 Å². The molecule has 0 N–H and O–H groups in total. The maximum atomic E-state index is 12.2. The summed E-state index contributed by atoms with van der Waals surface area (Å²) < 4.78 is 13.3. The number of methoxy groups -OCH3 is 2. The molecule has 0 saturated heterocycles. The zero-order chi connectivity index (χ0) is 20.3. The maximum absolute atomic E-state index is 12.2. The van der Waals surface area contributed by atoms with Gasteiger partial charge in [0.25, 0.3) is 11.6 Å². The molecule has 0 aliphatic heterocycles. The van der Waals surface area contributed by atoms with E-state index in [1.165, 1.54) is 35.6 Å². The second kappa shape index (κ2) is 8.05. The molecular formula is C19H17N3O5S. The van der Waals surface area contributed by atoms with Crippen LogP contribution in [0, 0.1) is 10.1 Å². The average Bonchev–Trinajstić information content (AvgIpc) is 3.00. The van der Waals surface area contributed by atoms with E-state index in [-0.39, 0.29) is 5.69 Å². The average molecular weight is 399 g/mol. The topological polar surface area (TPSA) is 96.0 Å². The molecule has 0 bridgehead atoms. The fraction of sp³-hybridized carbons (Fsp3) is 0.158. The Kier molecular flexibility index (Phi) is 5.55. The van der Waals surface area contributed by atoms with E-state index in [4.69, 9.17) is 9.47 Å². The van der Waals surface area contributed by atoms with Gasteiger partial charge >= 0.3 is 0 Å². The quantitative estimate of drug-likeness (QED) is 0.373. The molecule has 8 nitrogen and oxygen atoms in total. The number of aryl methyl sites for hydroxylation is 1. The van der Waals surface area contributed by atoms with Crippen molar-refractivity contribution in [2.24, 2.45) is 12.0 Å². The van der Waals surface area contributed by atoms with E-state index in [1.54, 1.807) is 38.0 Å². The summed E-state index contributed by atoms with van der Waals surface area (Å²) >= 11 is 1.35. The number of nitro benzene ring substituents is 1. The Morgan fingerprint density at radius 3 is 2.61 bits per heavy atom. The van der Waals surface area contributed by atoms with E-state index in [0.29, 0.717) is 21.9 Å². The molecule has 0 spiro atoms. The van der Waals surface area contributed by atoms with Crippen LogP contribution in [0.2, 0.25) is 0 Å². The Morgan fingerprint density at radius 2 is 1.93 bits per heavy atom. The van der Waals surface area contributed by atoms with Crippen molar-refractivity contribution in [1.82, 2.24) is 4.57 Å². The van der Waals surface area contributed by atoms with Gasteiger partial charge < -0.3 is 14.0 Å². The first-order valence-electron chi connectivity index (χ1n) is 8.15. The van der Waals surface area contributed by atoms with Crippen LogP contribution < -0.4 is 14.3 Å². The third-order valence-electron chi connectivity index (χ3n) is 4.02. The van der Waals surface area contributed by atoms with E-state index in [2.05, 4.69) is 4.99 Å². The number of non-ortho nitro benzene ring substituents is 1. The van der Waals surface area contributed by atoms with Gasteiger partial charge in [0.1, 0.15) is 0 Å². The van der Waals surface area contributed by atoms with Gasteiger partial charge in [0.15, 0.2) is 16.3 Å². The smallest absolute Gasteiger partial charge is 0.272 e. The Labute approximate surface area is 164 Å². The van der Waals surface area contributed by atoms with Crippen molar-refractivity contribution in [2.75, 3.05) is 14.2 Å². The highest BCUT2D eigenvalue weighted by atomic mass is 32.1. The Morgan fingerprint density at radius 1 is 1.21 bits per heavy atom. The van der Waals surface area contributed by atoms with Gasteiger partial charge in [-0.05, 0) is 11.6 Å². The predicted molar refractivity (Wildman–Crippen MR) is 107 cm³/mol. The van der Waals surface area contributed by atoms with Gasteiger partial charge in [-0.2, -0.15) is 4.99 Å². The normalized spacial score (nSPS) is 11.9. The van der Waals surface area contributed by atoms with E-state index >= 15 is 0 Å². The largest absolute Gasteiger partial charge is 0.493 e. The van der Waals surface area contributed by atoms with Gasteiger partial charge in [-0.1, -0.05) is 23.5 Å². The van der Waals surface area contributed by atoms with Gasteiger partial charge in [-0.25, -0.2) is 0 Å². The zero-order valence-corrected chi connectivity index (χ0v) is 16.2. The number of amides is 1. The minimum Gasteiger partial charge on any atom is -0.493 e. The number of ether oxygens (including phenoxy) is 2. The first kappa shape index (κ1) is 19.3. The molecule has 0 fully saturated rings. The lowest BCUT2D eigenvalue weighted by atomic mass is 10.2. The second-order valence-electron chi connectivity index (χ2n) is 5.75. The lowest BCUT2D eigenvalue weighted by Crippen LogP contribution is -2.12. The lowest BCUT2D eigenvalue weighted by molar-refractivity contribution is -0.384. The zero-order valence-electron chi connectivity index (χ0n) is 15.4. The molecule has 144 valence electrons. The van der Waals surface area contributed by atoms with Crippen molar-refractivity contribution in [3.8, 4) is 11.5 Å². The van der Waals surface area contributed by atoms with Crippen molar-refractivity contribution in [2.45, 2.75) is 0 Å². The van der Waals surface area contributed by atoms with Crippen LogP contribution in [-0.4, -0.2) is 29.6 Å². The lowest BCUT2D eigenvalue weighted by Gasteiger charge is -2.07. The minimum absolute atomic E-state index is 0.0367. The number of rotatable bonds is 5. The number of nitro groups is 1. The Balaban J connectivity index is 1.93. The number of hydrogen-bond donors (Lipinski definition) is 0. The third-order valence-corrected chi connectivity index (χ3v) is 5.11. The van der Waals surface area contributed by atoms with Crippen LogP contribution in [0.25, 0.3) is 16.3 Å². The van der Waals surface area contributed by atoms with Gasteiger partial charge in [-0.15, -0.1) is 0 Å². The maximum Gasteiger partial charge on any atom is 0.272 e. The molecule has 3 aromatic rings. The summed E-state index contributed by atoms with van der Waals surface area (Å²) in [5.74, 6) is 0.722. The number of nitrogens with zero attached hydrogens (tertiary/aromatic N) is 3. The molecule has 0 radical (unpaired) electrons. The Hall–Kier alpha value is -3.46. The molecule has 0 saturated carbocycles. The number of fused-ring (bicyclic) bond motifs is 1. The molecule has 1 amide bonds. The second-order valence-corrected chi connectivity index (χ2v) is 6.76. The van der Waals surface area contributed by atoms with Crippen LogP contribution in [0.1, 0.15) is 5.56 Å². The molecule has 2 aromatic carbocycles. The van der Waals surface area contributed by atoms with E-state index in [0.717, 1.165) is 10.2 Å². The highest BCUT2D eigenvalue weighted by Crippen LogP contribution is 2.33. The number of aromatic nitrogens is 1. The van der Waals surface area contributed by atoms with Crippen LogP contribution in [0.4, 0.5) is 5.69 Å². The SMILES string of the molecule is COc1cc2sc(=NC(=O)C=Cc3cccc([N+](=O)[O-])c3)n(C)c2cc1OC. The summed E-state index contributed by atoms with van der Waals surface area (Å²) in [5.41, 5.74) is 1.37. The highest BCUT2D eigenvalue weighted by Gasteiger charge is 2.11. The fourth-order valence-electron chi connectivity index (χ4n) is 2.60. The molecule has 0 unspecified atom stereocenters. The van der Waals surface area contributed by atoms with Crippen molar-refractivity contribution in [1.29, 1.82) is 0 Å². The van der Waals surface area contributed by atoms with Crippen molar-refractivity contribution < 1.29 is 19.2 Å². The molecule has 28 heavy (non-hydrogen) atoms. The molecule has 1 aromatic heterocycles. The summed E-state index contributed by atoms with van der Waals surface area (Å²) in [6, 6.07) is 9.68. The molecule has 0 aliphatic carbocycles. The number of benzene rings is 2. The summed E-state index contributed by atoms with van der Waals surface area (Å²) in [5, 5.41) is 10.8. The highest BCUT2D eigenvalue weighted by molar-refractivity contribution is 7.16. The minimum atomic E-state index is -0.483. The van der Waals surface area contributed by atoms with Gasteiger partial charge in [0.05, 0.1) is 29.4 Å². The van der Waals surface area contributed by atoms with Crippen molar-refractivity contribution in [3.05, 3.63) is 63.0 Å². The number of hydrogen-bond acceptors (Lipinski definition) is 6. The molecular weight excluding hydrogens is 382 g/mol. The number of thiazole rings is 1. The Bertz CT molecular complexity index is 1160. The summed E-state index contributed by atoms with van der Waals surface area (Å²) in [7, 11) is 4.93. The summed E-state index contributed by atoms with van der Waals surface area (Å²) in [4.78, 5) is 27.2. The van der Waals surface area contributed by atoms with Crippen molar-refractivity contribution in [3.63, 3.8) is 0 Å². The van der Waals surface area contributed by atoms with Gasteiger partial charge in [-0.3, -0.25) is 14.9 Å². The molecule has 9 heteroatoms. The molecule has 1 heterocycles. The number of carbonyl (C=O) groups excluding carboxylic acids is 1. The van der Waals surface area contributed by atoms with Crippen LogP contribution in [0.3, 0.4) is 0 Å². The first-order chi connectivity index (χ1) is 13.4. The van der Waals surface area contributed by atoms with Crippen LogP contribution in [0.15, 0.2) is 47.5 Å². The predicted octanol–water partition coefficient (Wildman–Crippen LogP) is 3.31. The standard InChI is InChI=1S/C19H17N3O5S/c1-21-14-10-15(26-2)16(27-3)11-17(14)28-19(21)20-18(23)8-7-12-5-4-6-13(9-12)22(24)25/h4-11H,1-3H3. The van der Waals surface area contributed by atoms with E-state index < -0.39 is 10.8 Å². The monoisotopic (exact) mass is 399 g/mol. The van der Waals surface area contributed by atoms with E-state index in [1.807, 2.05) is 12.1 Å². The molecule has 0 aliphatic rings. The van der Waals surface area contributed by atoms with Crippen LogP contribution in [-0.2, 0) is 11.8 Å². The first-order valence-corrected chi connectivity index (χ1v) is 8.97. The summed E-state index contributed by atoms with van der Waals surface area (Å²) in [6.45, 7) is 0. The van der Waals surface area contributed by atoms with E-state index in [9.17, 15) is 14.9 Å². The number of carbonyl (C=O) groups is 1. The van der Waals surface area contributed by atoms with Gasteiger partial charge in [0, 0.05) is 37.4 Å². The third kappa shape index (κ3) is 3.94.